The van der Waals surface area contributed by atoms with Gasteiger partial charge in [0, 0.05) is 11.5 Å². The van der Waals surface area contributed by atoms with Crippen molar-refractivity contribution in [2.45, 2.75) is 38.5 Å². The van der Waals surface area contributed by atoms with Crippen LogP contribution in [0.2, 0.25) is 0 Å². The largest absolute Gasteiger partial charge is 0.492 e. The van der Waals surface area contributed by atoms with Crippen LogP contribution in [0.5, 0.6) is 5.75 Å². The summed E-state index contributed by atoms with van der Waals surface area (Å²) in [6, 6.07) is 4.61. The Morgan fingerprint density at radius 3 is 2.52 bits per heavy atom. The van der Waals surface area contributed by atoms with E-state index in [1.807, 2.05) is 0 Å². The second kappa shape index (κ2) is 7.49. The molecule has 1 aromatic rings. The Morgan fingerprint density at radius 1 is 1.29 bits per heavy atom. The van der Waals surface area contributed by atoms with Crippen LogP contribution in [0.3, 0.4) is 0 Å². The van der Waals surface area contributed by atoms with Gasteiger partial charge in [0.1, 0.15) is 5.75 Å². The molecule has 0 amide bonds. The number of rotatable bonds is 5. The van der Waals surface area contributed by atoms with Crippen molar-refractivity contribution in [1.82, 2.24) is 0 Å². The van der Waals surface area contributed by atoms with Gasteiger partial charge in [0.25, 0.3) is 5.69 Å². The van der Waals surface area contributed by atoms with Crippen molar-refractivity contribution in [3.8, 4) is 5.75 Å². The molecule has 1 aliphatic rings. The van der Waals surface area contributed by atoms with Crippen LogP contribution in [-0.2, 0) is 0 Å². The number of hydrogen-bond acceptors (Lipinski definition) is 4. The van der Waals surface area contributed by atoms with Crippen molar-refractivity contribution in [2.75, 3.05) is 12.4 Å². The van der Waals surface area contributed by atoms with Gasteiger partial charge in [-0.05, 0) is 40.6 Å². The van der Waals surface area contributed by atoms with Crippen molar-refractivity contribution in [3.63, 3.8) is 0 Å². The number of thiol groups is 1. The lowest BCUT2D eigenvalue weighted by Gasteiger charge is -2.31. The molecule has 6 heteroatoms. The average molecular weight is 374 g/mol. The van der Waals surface area contributed by atoms with Crippen molar-refractivity contribution < 1.29 is 9.66 Å². The van der Waals surface area contributed by atoms with Gasteiger partial charge in [-0.2, -0.15) is 12.6 Å². The van der Waals surface area contributed by atoms with E-state index in [1.165, 1.54) is 37.8 Å². The molecule has 0 atom stereocenters. The van der Waals surface area contributed by atoms with Gasteiger partial charge in [-0.3, -0.25) is 10.1 Å². The van der Waals surface area contributed by atoms with E-state index < -0.39 is 4.92 Å². The molecule has 1 aromatic carbocycles. The van der Waals surface area contributed by atoms with E-state index in [0.29, 0.717) is 12.4 Å². The molecule has 21 heavy (non-hydrogen) atoms. The minimum absolute atomic E-state index is 0.0500. The predicted molar refractivity (Wildman–Crippen MR) is 90.3 cm³/mol. The van der Waals surface area contributed by atoms with E-state index in [1.54, 1.807) is 6.07 Å². The highest BCUT2D eigenvalue weighted by atomic mass is 79.9. The number of halogens is 1. The molecule has 1 fully saturated rings. The first kappa shape index (κ1) is 16.6. The van der Waals surface area contributed by atoms with Gasteiger partial charge in [0.2, 0.25) is 0 Å². The molecule has 116 valence electrons. The van der Waals surface area contributed by atoms with Crippen LogP contribution in [0.4, 0.5) is 5.69 Å². The quantitative estimate of drug-likeness (QED) is 0.341. The van der Waals surface area contributed by atoms with Gasteiger partial charge < -0.3 is 4.74 Å². The van der Waals surface area contributed by atoms with Gasteiger partial charge in [-0.1, -0.05) is 25.7 Å². The normalized spacial score (nSPS) is 18.0. The zero-order valence-electron chi connectivity index (χ0n) is 11.9. The number of nitro benzene ring substituents is 1. The lowest BCUT2D eigenvalue weighted by Crippen LogP contribution is -2.30. The monoisotopic (exact) mass is 373 g/mol. The summed E-state index contributed by atoms with van der Waals surface area (Å²) in [6.45, 7) is 0.566. The van der Waals surface area contributed by atoms with E-state index in [-0.39, 0.29) is 11.1 Å². The molecule has 0 unspecified atom stereocenters. The molecule has 1 aliphatic carbocycles. The highest BCUT2D eigenvalue weighted by Crippen LogP contribution is 2.38. The number of ether oxygens (including phenoxy) is 1. The zero-order chi connectivity index (χ0) is 15.3. The Kier molecular flexibility index (Phi) is 5.93. The summed E-state index contributed by atoms with van der Waals surface area (Å²) in [4.78, 5) is 10.5. The maximum atomic E-state index is 10.9. The van der Waals surface area contributed by atoms with Crippen LogP contribution >= 0.6 is 28.6 Å². The maximum Gasteiger partial charge on any atom is 0.273 e. The van der Waals surface area contributed by atoms with Gasteiger partial charge >= 0.3 is 0 Å². The molecule has 0 N–H and O–H groups in total. The Hall–Kier alpha value is -0.750. The van der Waals surface area contributed by atoms with Crippen molar-refractivity contribution >= 4 is 34.2 Å². The molecule has 0 spiro atoms. The standard InChI is InChI=1S/C15H20BrNO3S/c16-13-6-5-12(17(18)19)9-14(13)20-10-15(11-21)7-3-1-2-4-8-15/h5-6,9,21H,1-4,7-8,10-11H2. The lowest BCUT2D eigenvalue weighted by atomic mass is 9.83. The molecule has 4 nitrogen and oxygen atoms in total. The second-order valence-electron chi connectivity index (χ2n) is 5.73. The Labute approximate surface area is 138 Å². The van der Waals surface area contributed by atoms with E-state index in [4.69, 9.17) is 4.74 Å². The summed E-state index contributed by atoms with van der Waals surface area (Å²) in [6.07, 6.45) is 7.19. The van der Waals surface area contributed by atoms with Crippen LogP contribution in [0, 0.1) is 15.5 Å². The summed E-state index contributed by atoms with van der Waals surface area (Å²) in [5.41, 5.74) is 0.137. The SMILES string of the molecule is O=[N+]([O-])c1ccc(Br)c(OCC2(CS)CCCCCC2)c1. The number of nitro groups is 1. The smallest absolute Gasteiger partial charge is 0.273 e. The molecular weight excluding hydrogens is 354 g/mol. The van der Waals surface area contributed by atoms with Crippen LogP contribution in [-0.4, -0.2) is 17.3 Å². The minimum atomic E-state index is -0.403. The average Bonchev–Trinajstić information content (AvgIpc) is 2.72. The van der Waals surface area contributed by atoms with Crippen LogP contribution in [0.25, 0.3) is 0 Å². The third kappa shape index (κ3) is 4.36. The highest BCUT2D eigenvalue weighted by Gasteiger charge is 2.30. The Bertz CT molecular complexity index is 502. The number of non-ortho nitro benzene ring substituents is 1. The van der Waals surface area contributed by atoms with Crippen molar-refractivity contribution in [2.24, 2.45) is 5.41 Å². The Morgan fingerprint density at radius 2 is 1.95 bits per heavy atom. The molecular formula is C15H20BrNO3S. The maximum absolute atomic E-state index is 10.9. The molecule has 0 heterocycles. The highest BCUT2D eigenvalue weighted by molar-refractivity contribution is 9.10. The first-order chi connectivity index (χ1) is 10.1. The van der Waals surface area contributed by atoms with Crippen LogP contribution < -0.4 is 4.74 Å². The third-order valence-corrected chi connectivity index (χ3v) is 5.49. The first-order valence-corrected chi connectivity index (χ1v) is 8.66. The topological polar surface area (TPSA) is 52.4 Å². The van der Waals surface area contributed by atoms with E-state index in [2.05, 4.69) is 28.6 Å². The Balaban J connectivity index is 2.10. The fraction of sp³-hybridized carbons (Fsp3) is 0.600. The summed E-state index contributed by atoms with van der Waals surface area (Å²) in [5.74, 6) is 1.33. The molecule has 0 aromatic heterocycles. The third-order valence-electron chi connectivity index (χ3n) is 4.16. The van der Waals surface area contributed by atoms with Crippen molar-refractivity contribution in [3.05, 3.63) is 32.8 Å². The van der Waals surface area contributed by atoms with E-state index in [9.17, 15) is 10.1 Å². The fourth-order valence-electron chi connectivity index (χ4n) is 2.77. The fourth-order valence-corrected chi connectivity index (χ4v) is 3.54. The first-order valence-electron chi connectivity index (χ1n) is 7.24. The second-order valence-corrected chi connectivity index (χ2v) is 6.90. The van der Waals surface area contributed by atoms with Crippen LogP contribution in [0.15, 0.2) is 22.7 Å². The number of benzene rings is 1. The van der Waals surface area contributed by atoms with Crippen molar-refractivity contribution in [1.29, 1.82) is 0 Å². The predicted octanol–water partition coefficient (Wildman–Crippen LogP) is 5.01. The molecule has 0 saturated heterocycles. The molecule has 2 rings (SSSR count). The zero-order valence-corrected chi connectivity index (χ0v) is 14.4. The van der Waals surface area contributed by atoms with E-state index >= 15 is 0 Å². The molecule has 0 bridgehead atoms. The van der Waals surface area contributed by atoms with Crippen LogP contribution in [0.1, 0.15) is 38.5 Å². The number of hydrogen-bond donors (Lipinski definition) is 1. The molecule has 0 aliphatic heterocycles. The van der Waals surface area contributed by atoms with Gasteiger partial charge in [-0.25, -0.2) is 0 Å². The summed E-state index contributed by atoms with van der Waals surface area (Å²) in [5, 5.41) is 10.9. The lowest BCUT2D eigenvalue weighted by molar-refractivity contribution is -0.385. The summed E-state index contributed by atoms with van der Waals surface area (Å²) < 4.78 is 6.66. The van der Waals surface area contributed by atoms with E-state index in [0.717, 1.165) is 23.1 Å². The molecule has 0 radical (unpaired) electrons. The summed E-state index contributed by atoms with van der Waals surface area (Å²) >= 11 is 7.92. The summed E-state index contributed by atoms with van der Waals surface area (Å²) in [7, 11) is 0. The number of nitrogens with zero attached hydrogens (tertiary/aromatic N) is 1. The van der Waals surface area contributed by atoms with Gasteiger partial charge in [-0.15, -0.1) is 0 Å². The van der Waals surface area contributed by atoms with Gasteiger partial charge in [0.15, 0.2) is 0 Å². The minimum Gasteiger partial charge on any atom is -0.492 e. The van der Waals surface area contributed by atoms with Gasteiger partial charge in [0.05, 0.1) is 22.1 Å². The molecule has 1 saturated carbocycles.